The fraction of sp³-hybridized carbons (Fsp3) is 0. The zero-order valence-corrected chi connectivity index (χ0v) is 9.62. The van der Waals surface area contributed by atoms with Gasteiger partial charge >= 0.3 is 0 Å². The fourth-order valence-electron chi connectivity index (χ4n) is 1.69. The molecule has 7 heteroatoms. The molecule has 7 nitrogen and oxygen atoms in total. The summed E-state index contributed by atoms with van der Waals surface area (Å²) >= 11 is 0. The lowest BCUT2D eigenvalue weighted by molar-refractivity contribution is -0.255. The molecule has 1 aromatic carbocycles. The summed E-state index contributed by atoms with van der Waals surface area (Å²) in [6.45, 7) is 0. The SMILES string of the molecule is O=C([O-])c1ccc(Nc2ncnc3[nH]ncc23)cc1. The van der Waals surface area contributed by atoms with E-state index in [4.69, 9.17) is 0 Å². The van der Waals surface area contributed by atoms with Crippen molar-refractivity contribution in [3.8, 4) is 0 Å². The second-order valence-corrected chi connectivity index (χ2v) is 3.84. The van der Waals surface area contributed by atoms with E-state index >= 15 is 0 Å². The first-order chi connectivity index (χ1) is 9.24. The predicted octanol–water partition coefficient (Wildman–Crippen LogP) is 0.460. The van der Waals surface area contributed by atoms with Crippen LogP contribution in [0.5, 0.6) is 0 Å². The highest BCUT2D eigenvalue weighted by Gasteiger charge is 2.05. The van der Waals surface area contributed by atoms with Crippen molar-refractivity contribution in [2.24, 2.45) is 0 Å². The summed E-state index contributed by atoms with van der Waals surface area (Å²) in [7, 11) is 0. The molecule has 3 rings (SSSR count). The van der Waals surface area contributed by atoms with Crippen LogP contribution >= 0.6 is 0 Å². The Kier molecular flexibility index (Phi) is 2.57. The van der Waals surface area contributed by atoms with Crippen LogP contribution in [0.15, 0.2) is 36.8 Å². The molecule has 0 saturated heterocycles. The number of aromatic nitrogens is 4. The number of carboxylic acids is 1. The number of hydrogen-bond donors (Lipinski definition) is 2. The van der Waals surface area contributed by atoms with Gasteiger partial charge in [-0.2, -0.15) is 5.10 Å². The van der Waals surface area contributed by atoms with Crippen molar-refractivity contribution >= 4 is 28.5 Å². The second kappa shape index (κ2) is 4.37. The number of anilines is 2. The first-order valence-electron chi connectivity index (χ1n) is 5.46. The largest absolute Gasteiger partial charge is 0.545 e. The Morgan fingerprint density at radius 3 is 2.74 bits per heavy atom. The van der Waals surface area contributed by atoms with Crippen LogP contribution in [0.4, 0.5) is 11.5 Å². The third-order valence-corrected chi connectivity index (χ3v) is 2.63. The molecular weight excluding hydrogens is 246 g/mol. The zero-order chi connectivity index (χ0) is 13.2. The summed E-state index contributed by atoms with van der Waals surface area (Å²) < 4.78 is 0. The van der Waals surface area contributed by atoms with Gasteiger partial charge in [-0.3, -0.25) is 5.10 Å². The van der Waals surface area contributed by atoms with Crippen LogP contribution in [0, 0.1) is 0 Å². The number of carboxylic acid groups (broad SMARTS) is 1. The Morgan fingerprint density at radius 1 is 1.21 bits per heavy atom. The molecule has 0 bridgehead atoms. The van der Waals surface area contributed by atoms with Crippen LogP contribution < -0.4 is 10.4 Å². The van der Waals surface area contributed by atoms with E-state index in [0.29, 0.717) is 17.2 Å². The minimum atomic E-state index is -1.20. The van der Waals surface area contributed by atoms with Crippen molar-refractivity contribution in [2.45, 2.75) is 0 Å². The molecule has 0 unspecified atom stereocenters. The van der Waals surface area contributed by atoms with Gasteiger partial charge in [-0.15, -0.1) is 0 Å². The molecule has 0 saturated carbocycles. The molecule has 0 amide bonds. The Bertz CT molecular complexity index is 735. The minimum Gasteiger partial charge on any atom is -0.545 e. The number of nitrogens with one attached hydrogen (secondary N) is 2. The summed E-state index contributed by atoms with van der Waals surface area (Å²) in [5, 5.41) is 21.1. The van der Waals surface area contributed by atoms with Crippen LogP contribution in [0.1, 0.15) is 10.4 Å². The summed E-state index contributed by atoms with van der Waals surface area (Å²) in [4.78, 5) is 18.8. The molecule has 94 valence electrons. The third kappa shape index (κ3) is 2.08. The van der Waals surface area contributed by atoms with E-state index in [1.807, 2.05) is 0 Å². The van der Waals surface area contributed by atoms with Gasteiger partial charge in [0.1, 0.15) is 12.1 Å². The van der Waals surface area contributed by atoms with Gasteiger partial charge in [0, 0.05) is 5.69 Å². The molecule has 0 aliphatic heterocycles. The molecule has 2 heterocycles. The van der Waals surface area contributed by atoms with Crippen LogP contribution in [0.3, 0.4) is 0 Å². The van der Waals surface area contributed by atoms with Crippen molar-refractivity contribution in [2.75, 3.05) is 5.32 Å². The van der Waals surface area contributed by atoms with Crippen LogP contribution in [0.2, 0.25) is 0 Å². The number of carbonyl (C=O) groups excluding carboxylic acids is 1. The van der Waals surface area contributed by atoms with E-state index in [0.717, 1.165) is 5.39 Å². The lowest BCUT2D eigenvalue weighted by Crippen LogP contribution is -2.21. The zero-order valence-electron chi connectivity index (χ0n) is 9.62. The monoisotopic (exact) mass is 254 g/mol. The number of hydrogen-bond acceptors (Lipinski definition) is 6. The van der Waals surface area contributed by atoms with Gasteiger partial charge in [0.25, 0.3) is 0 Å². The van der Waals surface area contributed by atoms with Gasteiger partial charge in [-0.25, -0.2) is 9.97 Å². The smallest absolute Gasteiger partial charge is 0.160 e. The maximum Gasteiger partial charge on any atom is 0.160 e. The van der Waals surface area contributed by atoms with E-state index in [-0.39, 0.29) is 5.56 Å². The fourth-order valence-corrected chi connectivity index (χ4v) is 1.69. The number of aromatic amines is 1. The normalized spacial score (nSPS) is 10.5. The molecule has 0 aliphatic rings. The lowest BCUT2D eigenvalue weighted by atomic mass is 10.2. The Hall–Kier alpha value is -2.96. The lowest BCUT2D eigenvalue weighted by Gasteiger charge is -2.07. The van der Waals surface area contributed by atoms with Crippen molar-refractivity contribution in [3.63, 3.8) is 0 Å². The number of aromatic carboxylic acids is 1. The van der Waals surface area contributed by atoms with Gasteiger partial charge in [0.05, 0.1) is 17.6 Å². The number of fused-ring (bicyclic) bond motifs is 1. The molecular formula is C12H8N5O2-. The Morgan fingerprint density at radius 2 is 2.00 bits per heavy atom. The van der Waals surface area contributed by atoms with Crippen molar-refractivity contribution in [3.05, 3.63) is 42.4 Å². The van der Waals surface area contributed by atoms with Gasteiger partial charge in [0.15, 0.2) is 5.65 Å². The second-order valence-electron chi connectivity index (χ2n) is 3.84. The molecule has 0 atom stereocenters. The first-order valence-corrected chi connectivity index (χ1v) is 5.46. The highest BCUT2D eigenvalue weighted by Crippen LogP contribution is 2.21. The summed E-state index contributed by atoms with van der Waals surface area (Å²) in [5.41, 5.74) is 1.47. The van der Waals surface area contributed by atoms with E-state index in [2.05, 4.69) is 25.5 Å². The van der Waals surface area contributed by atoms with E-state index in [9.17, 15) is 9.90 Å². The first kappa shape index (κ1) is 11.1. The highest BCUT2D eigenvalue weighted by atomic mass is 16.4. The van der Waals surface area contributed by atoms with Crippen LogP contribution in [-0.4, -0.2) is 26.1 Å². The average molecular weight is 254 g/mol. The Balaban J connectivity index is 1.92. The molecule has 3 aromatic rings. The van der Waals surface area contributed by atoms with E-state index < -0.39 is 5.97 Å². The number of carbonyl (C=O) groups is 1. The van der Waals surface area contributed by atoms with Crippen molar-refractivity contribution in [1.29, 1.82) is 0 Å². The number of benzene rings is 1. The van der Waals surface area contributed by atoms with Crippen LogP contribution in [-0.2, 0) is 0 Å². The van der Waals surface area contributed by atoms with Gasteiger partial charge in [-0.1, -0.05) is 12.1 Å². The maximum absolute atomic E-state index is 10.6. The summed E-state index contributed by atoms with van der Waals surface area (Å²) in [5.74, 6) is -0.606. The molecule has 2 N–H and O–H groups in total. The van der Waals surface area contributed by atoms with Gasteiger partial charge in [-0.05, 0) is 17.7 Å². The van der Waals surface area contributed by atoms with Crippen molar-refractivity contribution in [1.82, 2.24) is 20.2 Å². The molecule has 19 heavy (non-hydrogen) atoms. The summed E-state index contributed by atoms with van der Waals surface area (Å²) in [6, 6.07) is 6.20. The third-order valence-electron chi connectivity index (χ3n) is 2.63. The highest BCUT2D eigenvalue weighted by molar-refractivity contribution is 5.89. The molecule has 2 aromatic heterocycles. The summed E-state index contributed by atoms with van der Waals surface area (Å²) in [6.07, 6.45) is 3.03. The number of H-pyrrole nitrogens is 1. The minimum absolute atomic E-state index is 0.127. The Labute approximate surface area is 107 Å². The average Bonchev–Trinajstić information content (AvgIpc) is 2.89. The molecule has 0 spiro atoms. The predicted molar refractivity (Wildman–Crippen MR) is 65.7 cm³/mol. The standard InChI is InChI=1S/C12H9N5O2/c18-12(19)7-1-3-8(4-2-7)16-10-9-5-15-17-11(9)14-6-13-10/h1-6H,(H,18,19)(H2,13,14,15,16,17)/p-1. The van der Waals surface area contributed by atoms with E-state index in [1.165, 1.54) is 18.5 Å². The van der Waals surface area contributed by atoms with E-state index in [1.54, 1.807) is 18.3 Å². The van der Waals surface area contributed by atoms with Gasteiger partial charge < -0.3 is 15.2 Å². The number of nitrogens with zero attached hydrogens (tertiary/aromatic N) is 3. The van der Waals surface area contributed by atoms with Crippen LogP contribution in [0.25, 0.3) is 11.0 Å². The van der Waals surface area contributed by atoms with Crippen molar-refractivity contribution < 1.29 is 9.90 Å². The topological polar surface area (TPSA) is 107 Å². The number of rotatable bonds is 3. The van der Waals surface area contributed by atoms with Gasteiger partial charge in [0.2, 0.25) is 0 Å². The molecule has 0 aliphatic carbocycles. The maximum atomic E-state index is 10.6. The molecule has 0 fully saturated rings. The quantitative estimate of drug-likeness (QED) is 0.703. The molecule has 0 radical (unpaired) electrons.